The molecular weight excluding hydrogens is 576 g/mol. The molecule has 0 bridgehead atoms. The number of rotatable bonds is 6. The molecule has 0 atom stereocenters. The molecule has 0 spiro atoms. The molecule has 0 saturated heterocycles. The summed E-state index contributed by atoms with van der Waals surface area (Å²) >= 11 is 1.87. The van der Waals surface area contributed by atoms with Crippen LogP contribution in [0.3, 0.4) is 0 Å². The first-order valence-corrected chi connectivity index (χ1v) is 11.7. The fourth-order valence-corrected chi connectivity index (χ4v) is 4.38. The second-order valence-corrected chi connectivity index (χ2v) is 8.77. The predicted molar refractivity (Wildman–Crippen MR) is 143 cm³/mol. The molecule has 0 unspecified atom stereocenters. The highest BCUT2D eigenvalue weighted by Crippen LogP contribution is 2.32. The van der Waals surface area contributed by atoms with Gasteiger partial charge in [0, 0.05) is 42.0 Å². The molecule has 3 heterocycles. The first kappa shape index (κ1) is 23.4. The van der Waals surface area contributed by atoms with Gasteiger partial charge in [0.1, 0.15) is 17.3 Å². The molecule has 0 aliphatic heterocycles. The van der Waals surface area contributed by atoms with Crippen LogP contribution < -0.4 is 21.2 Å². The number of nitrogens with zero attached hydrogens (tertiary/aromatic N) is 2. The number of carbonyl (C=O) groups is 1. The molecule has 5 rings (SSSR count). The first-order chi connectivity index (χ1) is 17.4. The number of nitrogens with one attached hydrogen (secondary N) is 2. The van der Waals surface area contributed by atoms with Gasteiger partial charge in [-0.15, -0.1) is 0 Å². The number of aromatic amines is 1. The van der Waals surface area contributed by atoms with Gasteiger partial charge in [-0.05, 0) is 46.4 Å². The first-order valence-electron chi connectivity index (χ1n) is 10.7. The highest BCUT2D eigenvalue weighted by atomic mass is 127. The van der Waals surface area contributed by atoms with Crippen molar-refractivity contribution in [2.24, 2.45) is 5.73 Å². The van der Waals surface area contributed by atoms with E-state index in [2.05, 4.69) is 20.3 Å². The number of pyridine rings is 3. The molecule has 10 heteroatoms. The average molecular weight is 593 g/mol. The van der Waals surface area contributed by atoms with E-state index in [0.29, 0.717) is 25.7 Å². The Kier molecular flexibility index (Phi) is 6.34. The van der Waals surface area contributed by atoms with Crippen LogP contribution in [-0.4, -0.2) is 20.9 Å². The maximum atomic E-state index is 14.9. The summed E-state index contributed by atoms with van der Waals surface area (Å²) in [6, 6.07) is 16.8. The lowest BCUT2D eigenvalue weighted by Crippen LogP contribution is -2.15. The molecule has 36 heavy (non-hydrogen) atoms. The Labute approximate surface area is 217 Å². The lowest BCUT2D eigenvalue weighted by molar-refractivity contribution is 0.0994. The van der Waals surface area contributed by atoms with Gasteiger partial charge in [0.2, 0.25) is 5.43 Å². The summed E-state index contributed by atoms with van der Waals surface area (Å²) in [5, 5.41) is 3.39. The third-order valence-corrected chi connectivity index (χ3v) is 6.42. The van der Waals surface area contributed by atoms with Crippen LogP contribution in [-0.2, 0) is 0 Å². The number of anilines is 2. The number of carbonyl (C=O) groups excluding carboxylic acids is 1. The molecule has 8 nitrogen and oxygen atoms in total. The Morgan fingerprint density at radius 1 is 1.03 bits per heavy atom. The number of hydrogen-bond acceptors (Lipinski definition) is 6. The molecular formula is C26H17FIN5O3. The van der Waals surface area contributed by atoms with Crippen LogP contribution in [0, 0.1) is 9.39 Å². The Morgan fingerprint density at radius 2 is 1.81 bits per heavy atom. The van der Waals surface area contributed by atoms with Crippen molar-refractivity contribution in [3.8, 4) is 22.6 Å². The molecule has 3 aromatic heterocycles. The Balaban J connectivity index is 1.47. The van der Waals surface area contributed by atoms with E-state index in [-0.39, 0.29) is 28.4 Å². The van der Waals surface area contributed by atoms with Gasteiger partial charge < -0.3 is 20.8 Å². The number of benzene rings is 2. The fraction of sp³-hybridized carbons (Fsp3) is 0. The summed E-state index contributed by atoms with van der Waals surface area (Å²) in [7, 11) is 0. The summed E-state index contributed by atoms with van der Waals surface area (Å²) in [5.41, 5.74) is 7.38. The van der Waals surface area contributed by atoms with Gasteiger partial charge in [0.25, 0.3) is 5.91 Å². The number of nitrogens with two attached hydrogens (primary N) is 1. The molecule has 2 aromatic carbocycles. The number of ether oxygens (including phenoxy) is 1. The van der Waals surface area contributed by atoms with Gasteiger partial charge in [-0.3, -0.25) is 9.59 Å². The monoisotopic (exact) mass is 593 g/mol. The van der Waals surface area contributed by atoms with E-state index in [1.165, 1.54) is 24.4 Å². The molecule has 0 fully saturated rings. The normalized spacial score (nSPS) is 10.8. The minimum atomic E-state index is -0.710. The molecule has 0 aliphatic carbocycles. The number of hydrogen-bond donors (Lipinski definition) is 3. The molecule has 0 radical (unpaired) electrons. The summed E-state index contributed by atoms with van der Waals surface area (Å²) in [6.07, 6.45) is 4.58. The quantitative estimate of drug-likeness (QED) is 0.228. The van der Waals surface area contributed by atoms with Crippen LogP contribution in [0.1, 0.15) is 10.5 Å². The van der Waals surface area contributed by atoms with Crippen molar-refractivity contribution < 1.29 is 13.9 Å². The van der Waals surface area contributed by atoms with E-state index in [4.69, 9.17) is 10.5 Å². The summed E-state index contributed by atoms with van der Waals surface area (Å²) < 4.78 is 21.0. The van der Waals surface area contributed by atoms with E-state index in [1.807, 2.05) is 52.9 Å². The van der Waals surface area contributed by atoms with Crippen molar-refractivity contribution in [1.82, 2.24) is 15.0 Å². The van der Waals surface area contributed by atoms with Crippen LogP contribution >= 0.6 is 22.6 Å². The number of halogens is 2. The largest absolute Gasteiger partial charge is 0.453 e. The lowest BCUT2D eigenvalue weighted by atomic mass is 10.1. The van der Waals surface area contributed by atoms with Crippen molar-refractivity contribution in [2.75, 3.05) is 5.32 Å². The highest BCUT2D eigenvalue weighted by Gasteiger charge is 2.16. The third kappa shape index (κ3) is 4.50. The second kappa shape index (κ2) is 9.74. The van der Waals surface area contributed by atoms with Crippen molar-refractivity contribution in [2.45, 2.75) is 0 Å². The topological polar surface area (TPSA) is 123 Å². The number of aromatic nitrogens is 3. The minimum Gasteiger partial charge on any atom is -0.453 e. The molecule has 5 aromatic rings. The van der Waals surface area contributed by atoms with Gasteiger partial charge in [0.05, 0.1) is 14.5 Å². The van der Waals surface area contributed by atoms with E-state index in [9.17, 15) is 14.0 Å². The van der Waals surface area contributed by atoms with E-state index in [1.54, 1.807) is 24.5 Å². The molecule has 178 valence electrons. The van der Waals surface area contributed by atoms with Gasteiger partial charge in [-0.25, -0.2) is 14.4 Å². The van der Waals surface area contributed by atoms with Crippen molar-refractivity contribution in [3.63, 3.8) is 0 Å². The Bertz CT molecular complexity index is 1670. The van der Waals surface area contributed by atoms with Crippen molar-refractivity contribution >= 4 is 50.9 Å². The smallest absolute Gasteiger partial charge is 0.268 e. The number of amides is 1. The second-order valence-electron chi connectivity index (χ2n) is 7.69. The maximum absolute atomic E-state index is 14.9. The van der Waals surface area contributed by atoms with E-state index in [0.717, 1.165) is 5.56 Å². The van der Waals surface area contributed by atoms with Crippen molar-refractivity contribution in [1.29, 1.82) is 0 Å². The zero-order valence-electron chi connectivity index (χ0n) is 18.5. The van der Waals surface area contributed by atoms with Gasteiger partial charge in [-0.1, -0.05) is 30.3 Å². The van der Waals surface area contributed by atoms with E-state index < -0.39 is 11.7 Å². The van der Waals surface area contributed by atoms with Crippen LogP contribution in [0.5, 0.6) is 11.5 Å². The van der Waals surface area contributed by atoms with Crippen molar-refractivity contribution in [3.05, 3.63) is 105 Å². The van der Waals surface area contributed by atoms with E-state index >= 15 is 0 Å². The summed E-state index contributed by atoms with van der Waals surface area (Å²) in [6.45, 7) is 0. The van der Waals surface area contributed by atoms with Gasteiger partial charge in [0.15, 0.2) is 11.6 Å². The summed E-state index contributed by atoms with van der Waals surface area (Å²) in [5.74, 6) is -0.899. The van der Waals surface area contributed by atoms with Gasteiger partial charge >= 0.3 is 0 Å². The van der Waals surface area contributed by atoms with Crippen LogP contribution in [0.4, 0.5) is 15.9 Å². The Hall–Kier alpha value is -4.32. The average Bonchev–Trinajstić information content (AvgIpc) is 2.87. The predicted octanol–water partition coefficient (Wildman–Crippen LogP) is 5.36. The third-order valence-electron chi connectivity index (χ3n) is 5.38. The minimum absolute atomic E-state index is 0.0360. The molecule has 0 aliphatic rings. The number of primary amides is 1. The van der Waals surface area contributed by atoms with Crippen LogP contribution in [0.2, 0.25) is 0 Å². The highest BCUT2D eigenvalue weighted by molar-refractivity contribution is 14.1. The molecule has 0 saturated carbocycles. The lowest BCUT2D eigenvalue weighted by Gasteiger charge is -2.13. The fourth-order valence-electron chi connectivity index (χ4n) is 3.68. The Morgan fingerprint density at radius 3 is 2.56 bits per heavy atom. The number of fused-ring (bicyclic) bond motifs is 1. The standard InChI is InChI=1S/C26H17FIN5O3/c27-17-12-15(6-7-19(17)36-20-9-11-30-23(22(20)28)25(29)35)33-26-21-18(8-10-31-26)32-13-16(24(21)34)14-4-2-1-3-5-14/h1-13H,(H2,29,35)(H,31,33)(H,32,34). The number of H-pyrrole nitrogens is 1. The van der Waals surface area contributed by atoms with Crippen LogP contribution in [0.25, 0.3) is 22.0 Å². The zero-order chi connectivity index (χ0) is 25.2. The maximum Gasteiger partial charge on any atom is 0.268 e. The van der Waals surface area contributed by atoms with Crippen LogP contribution in [0.15, 0.2) is 84.0 Å². The van der Waals surface area contributed by atoms with Gasteiger partial charge in [-0.2, -0.15) is 0 Å². The zero-order valence-corrected chi connectivity index (χ0v) is 20.6. The molecule has 4 N–H and O–H groups in total. The summed E-state index contributed by atoms with van der Waals surface area (Å²) in [4.78, 5) is 36.2. The SMILES string of the molecule is NC(=O)c1nccc(Oc2ccc(Nc3nccc4[nH]cc(-c5ccccc5)c(=O)c34)cc2F)c1I. The molecule has 1 amide bonds.